The van der Waals surface area contributed by atoms with Gasteiger partial charge < -0.3 is 20.4 Å². The zero-order valence-electron chi connectivity index (χ0n) is 14.1. The summed E-state index contributed by atoms with van der Waals surface area (Å²) >= 11 is 0. The highest BCUT2D eigenvalue weighted by atomic mass is 16.4. The van der Waals surface area contributed by atoms with Crippen molar-refractivity contribution in [1.82, 2.24) is 14.7 Å². The van der Waals surface area contributed by atoms with Crippen LogP contribution in [0.25, 0.3) is 0 Å². The van der Waals surface area contributed by atoms with Crippen molar-refractivity contribution in [2.24, 2.45) is 0 Å². The van der Waals surface area contributed by atoms with Crippen molar-refractivity contribution in [1.29, 1.82) is 0 Å². The molecule has 25 heavy (non-hydrogen) atoms. The van der Waals surface area contributed by atoms with Crippen molar-refractivity contribution in [3.8, 4) is 0 Å². The standard InChI is InChI=1S/C14H25N3O8/c1-2-15(7-11(18)19)3-4-16(8-12(20)21)5-6-17(9-13(22)23)10-14(24)25/h2-10H2,1H3,(H,18,19)(H,20,21)(H,22,23)(H,24,25). The Bertz CT molecular complexity index is 455. The van der Waals surface area contributed by atoms with Crippen LogP contribution in [0.2, 0.25) is 0 Å². The summed E-state index contributed by atoms with van der Waals surface area (Å²) in [5.41, 5.74) is 0. The predicted molar refractivity (Wildman–Crippen MR) is 85.5 cm³/mol. The highest BCUT2D eigenvalue weighted by molar-refractivity contribution is 5.72. The van der Waals surface area contributed by atoms with E-state index >= 15 is 0 Å². The molecule has 0 spiro atoms. The van der Waals surface area contributed by atoms with Gasteiger partial charge in [0.25, 0.3) is 0 Å². The van der Waals surface area contributed by atoms with E-state index in [1.807, 2.05) is 0 Å². The van der Waals surface area contributed by atoms with Crippen LogP contribution in [0.4, 0.5) is 0 Å². The number of carboxylic acid groups (broad SMARTS) is 4. The summed E-state index contributed by atoms with van der Waals surface area (Å²) in [5, 5.41) is 35.3. The highest BCUT2D eigenvalue weighted by Gasteiger charge is 2.17. The molecule has 0 radical (unpaired) electrons. The normalized spacial score (nSPS) is 11.2. The molecule has 4 N–H and O–H groups in total. The van der Waals surface area contributed by atoms with Crippen LogP contribution in [0.1, 0.15) is 6.92 Å². The first-order chi connectivity index (χ1) is 11.6. The van der Waals surface area contributed by atoms with E-state index in [1.54, 1.807) is 11.8 Å². The maximum absolute atomic E-state index is 11.0. The molecule has 0 saturated carbocycles. The Balaban J connectivity index is 4.67. The second kappa shape index (κ2) is 12.2. The van der Waals surface area contributed by atoms with Crippen LogP contribution in [-0.2, 0) is 19.2 Å². The number of rotatable bonds is 15. The third-order valence-corrected chi connectivity index (χ3v) is 3.35. The van der Waals surface area contributed by atoms with Gasteiger partial charge in [0.2, 0.25) is 0 Å². The molecule has 0 aromatic heterocycles. The average Bonchev–Trinajstić information content (AvgIpc) is 2.46. The number of nitrogens with zero attached hydrogens (tertiary/aromatic N) is 3. The Kier molecular flexibility index (Phi) is 11.1. The number of carboxylic acids is 4. The smallest absolute Gasteiger partial charge is 0.317 e. The van der Waals surface area contributed by atoms with E-state index in [-0.39, 0.29) is 32.7 Å². The average molecular weight is 363 g/mol. The van der Waals surface area contributed by atoms with Crippen LogP contribution in [0.5, 0.6) is 0 Å². The van der Waals surface area contributed by atoms with Gasteiger partial charge in [-0.05, 0) is 6.54 Å². The van der Waals surface area contributed by atoms with E-state index < -0.39 is 37.0 Å². The van der Waals surface area contributed by atoms with Crippen molar-refractivity contribution in [3.63, 3.8) is 0 Å². The van der Waals surface area contributed by atoms with Crippen molar-refractivity contribution in [2.45, 2.75) is 6.92 Å². The molecule has 0 amide bonds. The summed E-state index contributed by atoms with van der Waals surface area (Å²) < 4.78 is 0. The lowest BCUT2D eigenvalue weighted by molar-refractivity contribution is -0.143. The minimum atomic E-state index is -1.18. The molecule has 144 valence electrons. The molecule has 0 rings (SSSR count). The predicted octanol–water partition coefficient (Wildman–Crippen LogP) is -1.75. The van der Waals surface area contributed by atoms with Gasteiger partial charge in [-0.2, -0.15) is 0 Å². The Labute approximate surface area is 145 Å². The largest absolute Gasteiger partial charge is 0.480 e. The van der Waals surface area contributed by atoms with Crippen molar-refractivity contribution >= 4 is 23.9 Å². The lowest BCUT2D eigenvalue weighted by Gasteiger charge is -2.27. The monoisotopic (exact) mass is 363 g/mol. The molecule has 0 bridgehead atoms. The lowest BCUT2D eigenvalue weighted by Crippen LogP contribution is -2.44. The van der Waals surface area contributed by atoms with Crippen molar-refractivity contribution in [2.75, 3.05) is 58.9 Å². The van der Waals surface area contributed by atoms with Crippen LogP contribution in [0.3, 0.4) is 0 Å². The molecule has 0 aliphatic carbocycles. The van der Waals surface area contributed by atoms with E-state index in [9.17, 15) is 19.2 Å². The highest BCUT2D eigenvalue weighted by Crippen LogP contribution is 1.96. The van der Waals surface area contributed by atoms with Gasteiger partial charge in [-0.1, -0.05) is 6.92 Å². The molecule has 0 aromatic carbocycles. The van der Waals surface area contributed by atoms with E-state index in [2.05, 4.69) is 0 Å². The first kappa shape index (κ1) is 22.8. The molecule has 0 saturated heterocycles. The minimum absolute atomic E-state index is 0.0664. The SMILES string of the molecule is CCN(CCN(CCN(CC(=O)O)CC(=O)O)CC(=O)O)CC(=O)O. The Morgan fingerprint density at radius 3 is 1.20 bits per heavy atom. The molecule has 0 aliphatic heterocycles. The first-order valence-corrected chi connectivity index (χ1v) is 7.68. The number of carbonyl (C=O) groups is 4. The molecule has 0 unspecified atom stereocenters. The lowest BCUT2D eigenvalue weighted by atomic mass is 10.3. The topological polar surface area (TPSA) is 159 Å². The Hall–Kier alpha value is -2.24. The quantitative estimate of drug-likeness (QED) is 0.261. The van der Waals surface area contributed by atoms with Gasteiger partial charge in [-0.25, -0.2) is 0 Å². The van der Waals surface area contributed by atoms with Crippen LogP contribution in [-0.4, -0.2) is 118 Å². The Morgan fingerprint density at radius 1 is 0.560 bits per heavy atom. The summed E-state index contributed by atoms with van der Waals surface area (Å²) in [6, 6.07) is 0. The fourth-order valence-corrected chi connectivity index (χ4v) is 2.16. The maximum Gasteiger partial charge on any atom is 0.317 e. The van der Waals surface area contributed by atoms with Gasteiger partial charge in [0.05, 0.1) is 26.2 Å². The van der Waals surface area contributed by atoms with Gasteiger partial charge in [0.1, 0.15) is 0 Å². The van der Waals surface area contributed by atoms with Gasteiger partial charge in [0, 0.05) is 26.2 Å². The minimum Gasteiger partial charge on any atom is -0.480 e. The molecule has 0 aliphatic rings. The molecule has 11 heteroatoms. The zero-order valence-corrected chi connectivity index (χ0v) is 14.1. The van der Waals surface area contributed by atoms with Crippen LogP contribution >= 0.6 is 0 Å². The number of aliphatic carboxylic acids is 4. The van der Waals surface area contributed by atoms with Crippen molar-refractivity contribution in [3.05, 3.63) is 0 Å². The number of likely N-dealkylation sites (N-methyl/N-ethyl adjacent to an activating group) is 1. The summed E-state index contributed by atoms with van der Waals surface area (Å²) in [7, 11) is 0. The van der Waals surface area contributed by atoms with Crippen LogP contribution < -0.4 is 0 Å². The van der Waals surface area contributed by atoms with Gasteiger partial charge in [0.15, 0.2) is 0 Å². The third kappa shape index (κ3) is 12.8. The van der Waals surface area contributed by atoms with Crippen LogP contribution in [0.15, 0.2) is 0 Å². The van der Waals surface area contributed by atoms with E-state index in [0.717, 1.165) is 0 Å². The fraction of sp³-hybridized carbons (Fsp3) is 0.714. The fourth-order valence-electron chi connectivity index (χ4n) is 2.16. The molecule has 0 atom stereocenters. The maximum atomic E-state index is 11.0. The van der Waals surface area contributed by atoms with Gasteiger partial charge >= 0.3 is 23.9 Å². The van der Waals surface area contributed by atoms with Crippen molar-refractivity contribution < 1.29 is 39.6 Å². The summed E-state index contributed by atoms with van der Waals surface area (Å²) in [6.07, 6.45) is 0. The molecular weight excluding hydrogens is 338 g/mol. The summed E-state index contributed by atoms with van der Waals surface area (Å²) in [5.74, 6) is -4.42. The van der Waals surface area contributed by atoms with Gasteiger partial charge in [-0.15, -0.1) is 0 Å². The summed E-state index contributed by atoms with van der Waals surface area (Å²) in [4.78, 5) is 47.6. The molecule has 11 nitrogen and oxygen atoms in total. The van der Waals surface area contributed by atoms with Gasteiger partial charge in [-0.3, -0.25) is 33.9 Å². The molecule has 0 aromatic rings. The number of hydrogen-bond acceptors (Lipinski definition) is 7. The second-order valence-electron chi connectivity index (χ2n) is 5.43. The third-order valence-electron chi connectivity index (χ3n) is 3.35. The van der Waals surface area contributed by atoms with E-state index in [4.69, 9.17) is 20.4 Å². The molecule has 0 fully saturated rings. The van der Waals surface area contributed by atoms with E-state index in [1.165, 1.54) is 9.80 Å². The number of hydrogen-bond donors (Lipinski definition) is 4. The first-order valence-electron chi connectivity index (χ1n) is 7.68. The van der Waals surface area contributed by atoms with Crippen LogP contribution in [0, 0.1) is 0 Å². The summed E-state index contributed by atoms with van der Waals surface area (Å²) in [6.45, 7) is 1.67. The molecule has 0 heterocycles. The Morgan fingerprint density at radius 2 is 0.840 bits per heavy atom. The zero-order chi connectivity index (χ0) is 19.4. The second-order valence-corrected chi connectivity index (χ2v) is 5.43. The molecular formula is C14H25N3O8. The van der Waals surface area contributed by atoms with E-state index in [0.29, 0.717) is 13.1 Å².